The molecule has 26 heavy (non-hydrogen) atoms. The van der Waals surface area contributed by atoms with Crippen LogP contribution in [0.3, 0.4) is 0 Å². The van der Waals surface area contributed by atoms with Crippen molar-refractivity contribution in [3.63, 3.8) is 0 Å². The summed E-state index contributed by atoms with van der Waals surface area (Å²) < 4.78 is 23.1. The van der Waals surface area contributed by atoms with Crippen LogP contribution in [0, 0.1) is 5.82 Å². The average Bonchev–Trinajstić information content (AvgIpc) is 3.01. The van der Waals surface area contributed by atoms with Gasteiger partial charge in [-0.05, 0) is 37.1 Å². The van der Waals surface area contributed by atoms with E-state index in [-0.39, 0.29) is 23.4 Å². The summed E-state index contributed by atoms with van der Waals surface area (Å²) >= 11 is 6.94. The van der Waals surface area contributed by atoms with E-state index in [0.29, 0.717) is 10.6 Å². The number of benzene rings is 1. The molecule has 0 radical (unpaired) electrons. The molecule has 0 spiro atoms. The molecular weight excluding hydrogens is 383 g/mol. The minimum atomic E-state index is -1.35. The van der Waals surface area contributed by atoms with Crippen LogP contribution < -0.4 is 10.1 Å². The molecule has 2 rings (SSSR count). The third-order valence-electron chi connectivity index (χ3n) is 3.15. The van der Waals surface area contributed by atoms with E-state index in [1.165, 1.54) is 24.3 Å². The maximum absolute atomic E-state index is 12.9. The highest BCUT2D eigenvalue weighted by atomic mass is 35.5. The van der Waals surface area contributed by atoms with E-state index in [4.69, 9.17) is 21.1 Å². The summed E-state index contributed by atoms with van der Waals surface area (Å²) in [6.07, 6.45) is 0. The summed E-state index contributed by atoms with van der Waals surface area (Å²) in [4.78, 5) is 28.8. The number of nitrogens with zero attached hydrogens (tertiary/aromatic N) is 1. The smallest absolute Gasteiger partial charge is 0.350 e. The second-order valence-corrected chi connectivity index (χ2v) is 6.88. The first-order valence-electron chi connectivity index (χ1n) is 7.86. The highest BCUT2D eigenvalue weighted by Gasteiger charge is 2.24. The number of hydrogen-bond acceptors (Lipinski definition) is 6. The fourth-order valence-corrected chi connectivity index (χ4v) is 3.14. The van der Waals surface area contributed by atoms with Gasteiger partial charge in [0.2, 0.25) is 0 Å². The van der Waals surface area contributed by atoms with Gasteiger partial charge in [0.25, 0.3) is 11.5 Å². The molecule has 1 amide bonds. The lowest BCUT2D eigenvalue weighted by Gasteiger charge is -2.11. The van der Waals surface area contributed by atoms with Crippen molar-refractivity contribution in [3.8, 4) is 5.75 Å². The highest BCUT2D eigenvalue weighted by Crippen LogP contribution is 2.29. The van der Waals surface area contributed by atoms with E-state index >= 15 is 0 Å². The zero-order valence-electron chi connectivity index (χ0n) is 14.4. The Morgan fingerprint density at radius 1 is 1.31 bits per heavy atom. The number of nitrogens with one attached hydrogen (secondary N) is 1. The zero-order valence-corrected chi connectivity index (χ0v) is 16.0. The van der Waals surface area contributed by atoms with E-state index in [1.54, 1.807) is 6.92 Å². The number of carbonyl (C=O) groups is 2. The van der Waals surface area contributed by atoms with Gasteiger partial charge in [0.1, 0.15) is 16.4 Å². The summed E-state index contributed by atoms with van der Waals surface area (Å²) in [5.41, 5.74) is -0.813. The third-order valence-corrected chi connectivity index (χ3v) is 4.40. The Bertz CT molecular complexity index is 780. The number of esters is 1. The topological polar surface area (TPSA) is 77.5 Å². The third kappa shape index (κ3) is 5.15. The van der Waals surface area contributed by atoms with Crippen molar-refractivity contribution in [2.75, 3.05) is 11.9 Å². The first-order valence-corrected chi connectivity index (χ1v) is 9.12. The molecule has 1 aromatic heterocycles. The lowest BCUT2D eigenvalue weighted by atomic mass is 10.1. The Kier molecular flexibility index (Phi) is 6.93. The van der Waals surface area contributed by atoms with E-state index in [9.17, 15) is 14.0 Å². The quantitative estimate of drug-likeness (QED) is 0.557. The molecule has 6 nitrogen and oxygen atoms in total. The SMILES string of the molecule is CCOC(=O)c1sc(NC(=O)C(Cl)Oc2ccc(F)cc2)nc1C(C)C. The molecule has 0 saturated heterocycles. The molecule has 1 unspecified atom stereocenters. The van der Waals surface area contributed by atoms with Crippen LogP contribution in [0.4, 0.5) is 9.52 Å². The number of aromatic nitrogens is 1. The molecule has 140 valence electrons. The Morgan fingerprint density at radius 3 is 2.54 bits per heavy atom. The minimum Gasteiger partial charge on any atom is -0.465 e. The Morgan fingerprint density at radius 2 is 1.96 bits per heavy atom. The lowest BCUT2D eigenvalue weighted by molar-refractivity contribution is -0.119. The van der Waals surface area contributed by atoms with Gasteiger partial charge in [-0.2, -0.15) is 0 Å². The number of amides is 1. The summed E-state index contributed by atoms with van der Waals surface area (Å²) in [5.74, 6) is -1.35. The monoisotopic (exact) mass is 400 g/mol. The van der Waals surface area contributed by atoms with Gasteiger partial charge in [0.05, 0.1) is 12.3 Å². The normalized spacial score (nSPS) is 11.9. The molecule has 0 saturated carbocycles. The van der Waals surface area contributed by atoms with E-state index in [0.717, 1.165) is 11.3 Å². The number of thiazole rings is 1. The Hall–Kier alpha value is -2.19. The van der Waals surface area contributed by atoms with Crippen LogP contribution in [0.1, 0.15) is 42.1 Å². The predicted octanol–water partition coefficient (Wildman–Crippen LogP) is 4.16. The number of hydrogen-bond donors (Lipinski definition) is 1. The number of halogens is 2. The minimum absolute atomic E-state index is 0.0291. The molecule has 0 aliphatic carbocycles. The maximum Gasteiger partial charge on any atom is 0.350 e. The molecule has 0 aliphatic heterocycles. The number of anilines is 1. The van der Waals surface area contributed by atoms with Gasteiger partial charge < -0.3 is 9.47 Å². The second-order valence-electron chi connectivity index (χ2n) is 5.49. The standard InChI is InChI=1S/C17H18ClFN2O4S/c1-4-24-16(23)13-12(9(2)3)20-17(26-13)21-15(22)14(18)25-11-7-5-10(19)6-8-11/h5-9,14H,4H2,1-3H3,(H,20,21,22). The summed E-state index contributed by atoms with van der Waals surface area (Å²) in [6, 6.07) is 5.10. The maximum atomic E-state index is 12.9. The molecule has 0 fully saturated rings. The van der Waals surface area contributed by atoms with Crippen LogP contribution >= 0.6 is 22.9 Å². The first-order chi connectivity index (χ1) is 12.3. The summed E-state index contributed by atoms with van der Waals surface area (Å²) in [6.45, 7) is 5.71. The average molecular weight is 401 g/mol. The van der Waals surface area contributed by atoms with Gasteiger partial charge in [-0.25, -0.2) is 14.2 Å². The van der Waals surface area contributed by atoms with Crippen LogP contribution in [0.25, 0.3) is 0 Å². The second kappa shape index (κ2) is 8.95. The van der Waals surface area contributed by atoms with Gasteiger partial charge in [-0.1, -0.05) is 36.8 Å². The van der Waals surface area contributed by atoms with Crippen LogP contribution in [0.5, 0.6) is 5.75 Å². The van der Waals surface area contributed by atoms with Gasteiger partial charge in [-0.3, -0.25) is 10.1 Å². The van der Waals surface area contributed by atoms with Crippen molar-refractivity contribution in [1.82, 2.24) is 4.98 Å². The summed E-state index contributed by atoms with van der Waals surface area (Å²) in [7, 11) is 0. The van der Waals surface area contributed by atoms with Gasteiger partial charge in [0, 0.05) is 0 Å². The van der Waals surface area contributed by atoms with Gasteiger partial charge in [-0.15, -0.1) is 0 Å². The molecule has 1 atom stereocenters. The van der Waals surface area contributed by atoms with Crippen LogP contribution in [-0.2, 0) is 9.53 Å². The highest BCUT2D eigenvalue weighted by molar-refractivity contribution is 7.17. The van der Waals surface area contributed by atoms with Crippen molar-refractivity contribution in [1.29, 1.82) is 0 Å². The molecule has 1 N–H and O–H groups in total. The lowest BCUT2D eigenvalue weighted by Crippen LogP contribution is -2.28. The fraction of sp³-hybridized carbons (Fsp3) is 0.353. The van der Waals surface area contributed by atoms with E-state index < -0.39 is 23.3 Å². The van der Waals surface area contributed by atoms with Crippen molar-refractivity contribution < 1.29 is 23.5 Å². The molecule has 0 aliphatic rings. The first kappa shape index (κ1) is 20.1. The summed E-state index contributed by atoms with van der Waals surface area (Å²) in [5, 5.41) is 2.73. The Balaban J connectivity index is 2.09. The van der Waals surface area contributed by atoms with Crippen molar-refractivity contribution in [3.05, 3.63) is 40.7 Å². The van der Waals surface area contributed by atoms with E-state index in [1.807, 2.05) is 13.8 Å². The number of alkyl halides is 1. The number of carbonyl (C=O) groups excluding carboxylic acids is 2. The number of rotatable bonds is 7. The molecule has 2 aromatic rings. The predicted molar refractivity (Wildman–Crippen MR) is 97.5 cm³/mol. The van der Waals surface area contributed by atoms with Crippen LogP contribution in [-0.4, -0.2) is 29.0 Å². The molecule has 1 heterocycles. The van der Waals surface area contributed by atoms with Gasteiger partial charge in [0.15, 0.2) is 5.13 Å². The van der Waals surface area contributed by atoms with Crippen LogP contribution in [0.2, 0.25) is 0 Å². The number of ether oxygens (including phenoxy) is 2. The molecular formula is C17H18ClFN2O4S. The van der Waals surface area contributed by atoms with E-state index in [2.05, 4.69) is 10.3 Å². The fourth-order valence-electron chi connectivity index (χ4n) is 1.97. The van der Waals surface area contributed by atoms with Crippen LogP contribution in [0.15, 0.2) is 24.3 Å². The zero-order chi connectivity index (χ0) is 19.3. The molecule has 9 heteroatoms. The molecule has 1 aromatic carbocycles. The Labute approximate surface area is 159 Å². The van der Waals surface area contributed by atoms with Crippen molar-refractivity contribution >= 4 is 39.9 Å². The van der Waals surface area contributed by atoms with Crippen molar-refractivity contribution in [2.45, 2.75) is 32.3 Å². The van der Waals surface area contributed by atoms with Gasteiger partial charge >= 0.3 is 5.97 Å². The van der Waals surface area contributed by atoms with Crippen molar-refractivity contribution in [2.24, 2.45) is 0 Å². The molecule has 0 bridgehead atoms. The largest absolute Gasteiger partial charge is 0.465 e.